The van der Waals surface area contributed by atoms with Crippen molar-refractivity contribution in [2.45, 2.75) is 57.5 Å². The van der Waals surface area contributed by atoms with Crippen LogP contribution >= 0.6 is 0 Å². The number of amides is 2. The molecular formula is C13H22N2O3. The summed E-state index contributed by atoms with van der Waals surface area (Å²) in [7, 11) is 0. The minimum absolute atomic E-state index is 0.195. The molecule has 0 spiro atoms. The van der Waals surface area contributed by atoms with E-state index >= 15 is 0 Å². The van der Waals surface area contributed by atoms with Gasteiger partial charge in [0.05, 0.1) is 0 Å². The Bertz CT molecular complexity index is 324. The fraction of sp³-hybridized carbons (Fsp3) is 0.846. The van der Waals surface area contributed by atoms with Gasteiger partial charge in [-0.15, -0.1) is 0 Å². The standard InChI is InChI=1S/C13H22N2O3/c1-9-4-6-10(7-5-9)14-13(18)15-8-2-3-11(15)12(16)17/h9-11H,2-8H2,1H3,(H,14,18)(H,16,17). The van der Waals surface area contributed by atoms with Gasteiger partial charge >= 0.3 is 12.0 Å². The quantitative estimate of drug-likeness (QED) is 0.789. The summed E-state index contributed by atoms with van der Waals surface area (Å²) >= 11 is 0. The molecule has 1 saturated carbocycles. The molecule has 1 saturated heterocycles. The molecule has 2 amide bonds. The van der Waals surface area contributed by atoms with E-state index in [2.05, 4.69) is 12.2 Å². The number of nitrogens with one attached hydrogen (secondary N) is 1. The second kappa shape index (κ2) is 5.59. The van der Waals surface area contributed by atoms with E-state index in [1.807, 2.05) is 0 Å². The van der Waals surface area contributed by atoms with Crippen LogP contribution in [0, 0.1) is 5.92 Å². The molecule has 0 radical (unpaired) electrons. The predicted octanol–water partition coefficient (Wildman–Crippen LogP) is 1.82. The number of carbonyl (C=O) groups is 2. The van der Waals surface area contributed by atoms with Gasteiger partial charge in [0.15, 0.2) is 0 Å². The lowest BCUT2D eigenvalue weighted by Crippen LogP contribution is -2.49. The van der Waals surface area contributed by atoms with Crippen LogP contribution in [-0.2, 0) is 4.79 Å². The lowest BCUT2D eigenvalue weighted by atomic mass is 9.87. The first-order chi connectivity index (χ1) is 8.58. The van der Waals surface area contributed by atoms with Gasteiger partial charge in [0, 0.05) is 12.6 Å². The lowest BCUT2D eigenvalue weighted by molar-refractivity contribution is -0.141. The molecule has 2 N–H and O–H groups in total. The van der Waals surface area contributed by atoms with Crippen LogP contribution in [0.2, 0.25) is 0 Å². The number of carboxylic acid groups (broad SMARTS) is 1. The van der Waals surface area contributed by atoms with Crippen LogP contribution in [0.3, 0.4) is 0 Å². The van der Waals surface area contributed by atoms with E-state index in [9.17, 15) is 9.59 Å². The normalized spacial score (nSPS) is 32.3. The Hall–Kier alpha value is -1.26. The molecule has 0 aromatic carbocycles. The molecule has 2 fully saturated rings. The van der Waals surface area contributed by atoms with Crippen LogP contribution in [0.4, 0.5) is 4.79 Å². The Labute approximate surface area is 108 Å². The molecule has 2 rings (SSSR count). The molecule has 18 heavy (non-hydrogen) atoms. The van der Waals surface area contributed by atoms with E-state index in [0.29, 0.717) is 13.0 Å². The predicted molar refractivity (Wildman–Crippen MR) is 67.3 cm³/mol. The van der Waals surface area contributed by atoms with Gasteiger partial charge in [-0.2, -0.15) is 0 Å². The van der Waals surface area contributed by atoms with Gasteiger partial charge < -0.3 is 15.3 Å². The molecule has 0 bridgehead atoms. The van der Waals surface area contributed by atoms with Gasteiger partial charge in [0.25, 0.3) is 0 Å². The number of hydrogen-bond acceptors (Lipinski definition) is 2. The molecule has 5 heteroatoms. The number of carbonyl (C=O) groups excluding carboxylic acids is 1. The molecule has 2 aliphatic rings. The van der Waals surface area contributed by atoms with Crippen molar-refractivity contribution in [3.05, 3.63) is 0 Å². The minimum Gasteiger partial charge on any atom is -0.480 e. The van der Waals surface area contributed by atoms with E-state index in [1.165, 1.54) is 4.90 Å². The Morgan fingerprint density at radius 2 is 1.83 bits per heavy atom. The summed E-state index contributed by atoms with van der Waals surface area (Å²) in [5.74, 6) is -0.142. The number of aliphatic carboxylic acids is 1. The zero-order valence-electron chi connectivity index (χ0n) is 10.9. The molecule has 5 nitrogen and oxygen atoms in total. The second-order valence-electron chi connectivity index (χ2n) is 5.60. The third-order valence-electron chi connectivity index (χ3n) is 4.14. The van der Waals surface area contributed by atoms with Gasteiger partial charge in [-0.05, 0) is 44.4 Å². The van der Waals surface area contributed by atoms with Crippen LogP contribution < -0.4 is 5.32 Å². The van der Waals surface area contributed by atoms with Crippen molar-refractivity contribution >= 4 is 12.0 Å². The first kappa shape index (κ1) is 13.2. The summed E-state index contributed by atoms with van der Waals surface area (Å²) in [6.07, 6.45) is 5.67. The van der Waals surface area contributed by atoms with Crippen LogP contribution in [0.15, 0.2) is 0 Å². The Kier molecular flexibility index (Phi) is 4.09. The lowest BCUT2D eigenvalue weighted by Gasteiger charge is -2.30. The molecule has 1 unspecified atom stereocenters. The topological polar surface area (TPSA) is 69.6 Å². The molecule has 1 atom stereocenters. The van der Waals surface area contributed by atoms with E-state index < -0.39 is 12.0 Å². The summed E-state index contributed by atoms with van der Waals surface area (Å²) in [4.78, 5) is 24.6. The highest BCUT2D eigenvalue weighted by Gasteiger charge is 2.34. The maximum atomic E-state index is 12.1. The average molecular weight is 254 g/mol. The molecule has 102 valence electrons. The van der Waals surface area contributed by atoms with Crippen molar-refractivity contribution in [2.75, 3.05) is 6.54 Å². The highest BCUT2D eigenvalue weighted by molar-refractivity contribution is 5.83. The van der Waals surface area contributed by atoms with Gasteiger partial charge in [-0.25, -0.2) is 9.59 Å². The molecule has 1 heterocycles. The Balaban J connectivity index is 1.86. The van der Waals surface area contributed by atoms with E-state index in [-0.39, 0.29) is 12.1 Å². The summed E-state index contributed by atoms with van der Waals surface area (Å²) in [5.41, 5.74) is 0. The first-order valence-corrected chi connectivity index (χ1v) is 6.88. The molecular weight excluding hydrogens is 232 g/mol. The highest BCUT2D eigenvalue weighted by atomic mass is 16.4. The zero-order valence-corrected chi connectivity index (χ0v) is 10.9. The van der Waals surface area contributed by atoms with Crippen molar-refractivity contribution in [3.63, 3.8) is 0 Å². The largest absolute Gasteiger partial charge is 0.480 e. The minimum atomic E-state index is -0.889. The van der Waals surface area contributed by atoms with E-state index in [1.54, 1.807) is 0 Å². The van der Waals surface area contributed by atoms with Crippen LogP contribution in [-0.4, -0.2) is 40.6 Å². The van der Waals surface area contributed by atoms with Gasteiger partial charge in [0.2, 0.25) is 0 Å². The number of likely N-dealkylation sites (tertiary alicyclic amines) is 1. The molecule has 0 aromatic rings. The van der Waals surface area contributed by atoms with Gasteiger partial charge in [-0.3, -0.25) is 0 Å². The number of carboxylic acids is 1. The monoisotopic (exact) mass is 254 g/mol. The van der Waals surface area contributed by atoms with Gasteiger partial charge in [-0.1, -0.05) is 6.92 Å². The smallest absolute Gasteiger partial charge is 0.326 e. The fourth-order valence-corrected chi connectivity index (χ4v) is 2.93. The summed E-state index contributed by atoms with van der Waals surface area (Å²) < 4.78 is 0. The third-order valence-corrected chi connectivity index (χ3v) is 4.14. The highest BCUT2D eigenvalue weighted by Crippen LogP contribution is 2.24. The fourth-order valence-electron chi connectivity index (χ4n) is 2.93. The van der Waals surface area contributed by atoms with E-state index in [4.69, 9.17) is 5.11 Å². The van der Waals surface area contributed by atoms with Crippen molar-refractivity contribution in [1.82, 2.24) is 10.2 Å². The summed E-state index contributed by atoms with van der Waals surface area (Å²) in [6, 6.07) is -0.601. The molecule has 1 aliphatic carbocycles. The van der Waals surface area contributed by atoms with E-state index in [0.717, 1.165) is 38.0 Å². The molecule has 1 aliphatic heterocycles. The Morgan fingerprint density at radius 3 is 2.44 bits per heavy atom. The number of nitrogens with zero attached hydrogens (tertiary/aromatic N) is 1. The van der Waals surface area contributed by atoms with Crippen molar-refractivity contribution in [2.24, 2.45) is 5.92 Å². The number of hydrogen-bond donors (Lipinski definition) is 2. The third kappa shape index (κ3) is 2.94. The van der Waals surface area contributed by atoms with Crippen LogP contribution in [0.25, 0.3) is 0 Å². The van der Waals surface area contributed by atoms with Crippen LogP contribution in [0.1, 0.15) is 45.4 Å². The van der Waals surface area contributed by atoms with Crippen molar-refractivity contribution in [1.29, 1.82) is 0 Å². The maximum Gasteiger partial charge on any atom is 0.326 e. The van der Waals surface area contributed by atoms with Crippen molar-refractivity contribution < 1.29 is 14.7 Å². The summed E-state index contributed by atoms with van der Waals surface area (Å²) in [6.45, 7) is 2.80. The number of urea groups is 1. The zero-order chi connectivity index (χ0) is 13.1. The molecule has 0 aromatic heterocycles. The van der Waals surface area contributed by atoms with Gasteiger partial charge in [0.1, 0.15) is 6.04 Å². The average Bonchev–Trinajstić information content (AvgIpc) is 2.81. The van der Waals surface area contributed by atoms with Crippen molar-refractivity contribution in [3.8, 4) is 0 Å². The Morgan fingerprint density at radius 1 is 1.17 bits per heavy atom. The van der Waals surface area contributed by atoms with Crippen LogP contribution in [0.5, 0.6) is 0 Å². The SMILES string of the molecule is CC1CCC(NC(=O)N2CCCC2C(=O)O)CC1. The summed E-state index contributed by atoms with van der Waals surface area (Å²) in [5, 5.41) is 12.0. The number of rotatable bonds is 2. The first-order valence-electron chi connectivity index (χ1n) is 6.88. The second-order valence-corrected chi connectivity index (χ2v) is 5.60. The maximum absolute atomic E-state index is 12.1.